The van der Waals surface area contributed by atoms with E-state index in [4.69, 9.17) is 4.74 Å². The van der Waals surface area contributed by atoms with Crippen molar-refractivity contribution in [1.82, 2.24) is 10.2 Å². The fourth-order valence-electron chi connectivity index (χ4n) is 2.86. The summed E-state index contributed by atoms with van der Waals surface area (Å²) in [6.45, 7) is 0.989. The first-order valence-corrected chi connectivity index (χ1v) is 8.23. The molecule has 1 heterocycles. The second-order valence-electron chi connectivity index (χ2n) is 6.01. The molecular formula is C20H20N2O3. The molecule has 2 amide bonds. The third-order valence-corrected chi connectivity index (χ3v) is 4.24. The average molecular weight is 336 g/mol. The number of ether oxygens (including phenoxy) is 1. The Morgan fingerprint density at radius 3 is 2.84 bits per heavy atom. The first-order chi connectivity index (χ1) is 12.1. The molecule has 2 aromatic carbocycles. The van der Waals surface area contributed by atoms with E-state index in [1.54, 1.807) is 11.9 Å². The van der Waals surface area contributed by atoms with Gasteiger partial charge < -0.3 is 15.0 Å². The quantitative estimate of drug-likeness (QED) is 0.867. The van der Waals surface area contributed by atoms with E-state index < -0.39 is 0 Å². The number of amides is 2. The monoisotopic (exact) mass is 336 g/mol. The maximum absolute atomic E-state index is 11.9. The van der Waals surface area contributed by atoms with Gasteiger partial charge in [0.05, 0.1) is 12.5 Å². The minimum Gasteiger partial charge on any atom is -0.480 e. The Morgan fingerprint density at radius 2 is 2.04 bits per heavy atom. The van der Waals surface area contributed by atoms with E-state index in [0.29, 0.717) is 6.54 Å². The number of hydrogen-bond acceptors (Lipinski definition) is 3. The number of nitrogens with zero attached hydrogens (tertiary/aromatic N) is 1. The summed E-state index contributed by atoms with van der Waals surface area (Å²) >= 11 is 0. The van der Waals surface area contributed by atoms with Crippen LogP contribution in [0, 0.1) is 17.8 Å². The van der Waals surface area contributed by atoms with Gasteiger partial charge in [-0.3, -0.25) is 9.59 Å². The summed E-state index contributed by atoms with van der Waals surface area (Å²) in [7, 11) is 1.71. The fraction of sp³-hybridized carbons (Fsp3) is 0.300. The molecule has 1 atom stereocenters. The van der Waals surface area contributed by atoms with Crippen molar-refractivity contribution in [2.24, 2.45) is 5.92 Å². The van der Waals surface area contributed by atoms with Gasteiger partial charge in [0.15, 0.2) is 0 Å². The van der Waals surface area contributed by atoms with Gasteiger partial charge in [0, 0.05) is 25.4 Å². The Balaban J connectivity index is 1.46. The molecule has 2 aromatic rings. The van der Waals surface area contributed by atoms with Gasteiger partial charge >= 0.3 is 0 Å². The smallest absolute Gasteiger partial charge is 0.226 e. The molecule has 5 heteroatoms. The van der Waals surface area contributed by atoms with E-state index in [0.717, 1.165) is 16.5 Å². The number of carbonyl (C=O) groups excluding carboxylic acids is 2. The first-order valence-electron chi connectivity index (χ1n) is 8.23. The van der Waals surface area contributed by atoms with Crippen molar-refractivity contribution in [3.05, 3.63) is 42.5 Å². The fourth-order valence-corrected chi connectivity index (χ4v) is 2.86. The number of hydrogen-bond donors (Lipinski definition) is 1. The number of nitrogens with one attached hydrogen (secondary N) is 1. The van der Waals surface area contributed by atoms with E-state index >= 15 is 0 Å². The summed E-state index contributed by atoms with van der Waals surface area (Å²) in [5, 5.41) is 4.92. The molecule has 0 spiro atoms. The highest BCUT2D eigenvalue weighted by molar-refractivity contribution is 5.89. The number of rotatable bonds is 4. The van der Waals surface area contributed by atoms with Crippen molar-refractivity contribution in [2.45, 2.75) is 6.42 Å². The number of benzene rings is 2. The minimum absolute atomic E-state index is 0.00900. The van der Waals surface area contributed by atoms with Crippen LogP contribution >= 0.6 is 0 Å². The molecule has 3 rings (SSSR count). The number of likely N-dealkylation sites (tertiary alicyclic amines) is 1. The molecule has 1 aliphatic rings. The van der Waals surface area contributed by atoms with Gasteiger partial charge in [0.1, 0.15) is 12.4 Å². The van der Waals surface area contributed by atoms with Gasteiger partial charge in [-0.05, 0) is 11.5 Å². The predicted molar refractivity (Wildman–Crippen MR) is 96.0 cm³/mol. The zero-order chi connectivity index (χ0) is 17.6. The van der Waals surface area contributed by atoms with Crippen molar-refractivity contribution >= 4 is 22.6 Å². The third kappa shape index (κ3) is 4.10. The standard InChI is InChI=1S/C20H20N2O3/c1-22-14-16(13-19(22)23)20(24)21-11-4-5-12-25-18-10-6-8-15-7-2-3-9-17(15)18/h2-3,6-10,16H,11-14H2,1H3,(H,21,24). The van der Waals surface area contributed by atoms with Gasteiger partial charge in [0.25, 0.3) is 0 Å². The van der Waals surface area contributed by atoms with Crippen LogP contribution in [0.3, 0.4) is 0 Å². The highest BCUT2D eigenvalue weighted by Crippen LogP contribution is 2.24. The number of fused-ring (bicyclic) bond motifs is 1. The summed E-state index contributed by atoms with van der Waals surface area (Å²) in [6.07, 6.45) is 0.278. The zero-order valence-electron chi connectivity index (χ0n) is 14.1. The maximum Gasteiger partial charge on any atom is 0.226 e. The SMILES string of the molecule is CN1CC(C(=O)NCC#CCOc2cccc3ccccc23)CC1=O. The highest BCUT2D eigenvalue weighted by Gasteiger charge is 2.31. The van der Waals surface area contributed by atoms with Gasteiger partial charge in [0.2, 0.25) is 11.8 Å². The lowest BCUT2D eigenvalue weighted by Crippen LogP contribution is -2.32. The molecule has 128 valence electrons. The van der Waals surface area contributed by atoms with Crippen LogP contribution in [0.1, 0.15) is 6.42 Å². The second-order valence-corrected chi connectivity index (χ2v) is 6.01. The third-order valence-electron chi connectivity index (χ3n) is 4.24. The summed E-state index contributed by atoms with van der Waals surface area (Å²) in [5.41, 5.74) is 0. The highest BCUT2D eigenvalue weighted by atomic mass is 16.5. The Bertz CT molecular complexity index is 845. The van der Waals surface area contributed by atoms with Crippen LogP contribution in [-0.2, 0) is 9.59 Å². The Morgan fingerprint density at radius 1 is 1.24 bits per heavy atom. The lowest BCUT2D eigenvalue weighted by atomic mass is 10.1. The predicted octanol–water partition coefficient (Wildman–Crippen LogP) is 1.82. The molecule has 5 nitrogen and oxygen atoms in total. The number of carbonyl (C=O) groups is 2. The van der Waals surface area contributed by atoms with Gasteiger partial charge in [-0.25, -0.2) is 0 Å². The zero-order valence-corrected chi connectivity index (χ0v) is 14.1. The Kier molecular flexibility index (Phi) is 5.20. The molecule has 0 aliphatic carbocycles. The maximum atomic E-state index is 11.9. The lowest BCUT2D eigenvalue weighted by molar-refractivity contribution is -0.128. The van der Waals surface area contributed by atoms with Crippen LogP contribution in [-0.4, -0.2) is 43.5 Å². The van der Waals surface area contributed by atoms with Crippen LogP contribution in [0.15, 0.2) is 42.5 Å². The second kappa shape index (κ2) is 7.71. The van der Waals surface area contributed by atoms with Crippen molar-refractivity contribution in [1.29, 1.82) is 0 Å². The first kappa shape index (κ1) is 16.8. The molecule has 0 aromatic heterocycles. The summed E-state index contributed by atoms with van der Waals surface area (Å²) in [6, 6.07) is 13.9. The van der Waals surface area contributed by atoms with E-state index in [9.17, 15) is 9.59 Å². The average Bonchev–Trinajstić information content (AvgIpc) is 2.97. The van der Waals surface area contributed by atoms with E-state index in [1.807, 2.05) is 42.5 Å². The van der Waals surface area contributed by atoms with Crippen LogP contribution in [0.2, 0.25) is 0 Å². The van der Waals surface area contributed by atoms with Crippen molar-refractivity contribution in [3.8, 4) is 17.6 Å². The van der Waals surface area contributed by atoms with Crippen molar-refractivity contribution in [3.63, 3.8) is 0 Å². The molecule has 1 unspecified atom stereocenters. The Hall–Kier alpha value is -3.00. The molecular weight excluding hydrogens is 316 g/mol. The molecule has 1 N–H and O–H groups in total. The minimum atomic E-state index is -0.272. The normalized spacial score (nSPS) is 16.4. The van der Waals surface area contributed by atoms with E-state index in [-0.39, 0.29) is 37.3 Å². The molecule has 1 aliphatic heterocycles. The summed E-state index contributed by atoms with van der Waals surface area (Å²) in [5.74, 6) is 6.18. The molecule has 1 fully saturated rings. The van der Waals surface area contributed by atoms with Gasteiger partial charge in [-0.15, -0.1) is 0 Å². The molecule has 0 bridgehead atoms. The van der Waals surface area contributed by atoms with Crippen LogP contribution in [0.25, 0.3) is 10.8 Å². The van der Waals surface area contributed by atoms with Crippen molar-refractivity contribution < 1.29 is 14.3 Å². The van der Waals surface area contributed by atoms with Gasteiger partial charge in [-0.2, -0.15) is 0 Å². The molecule has 0 radical (unpaired) electrons. The van der Waals surface area contributed by atoms with Crippen LogP contribution in [0.4, 0.5) is 0 Å². The largest absolute Gasteiger partial charge is 0.480 e. The molecule has 25 heavy (non-hydrogen) atoms. The van der Waals surface area contributed by atoms with Crippen molar-refractivity contribution in [2.75, 3.05) is 26.7 Å². The van der Waals surface area contributed by atoms with Crippen LogP contribution < -0.4 is 10.1 Å². The molecule has 0 saturated carbocycles. The van der Waals surface area contributed by atoms with Crippen LogP contribution in [0.5, 0.6) is 5.75 Å². The summed E-state index contributed by atoms with van der Waals surface area (Å²) < 4.78 is 5.72. The lowest BCUT2D eigenvalue weighted by Gasteiger charge is -2.09. The Labute approximate surface area is 147 Å². The topological polar surface area (TPSA) is 58.6 Å². The summed E-state index contributed by atoms with van der Waals surface area (Å²) in [4.78, 5) is 25.0. The van der Waals surface area contributed by atoms with E-state index in [1.165, 1.54) is 0 Å². The van der Waals surface area contributed by atoms with E-state index in [2.05, 4.69) is 17.2 Å². The molecule has 1 saturated heterocycles. The van der Waals surface area contributed by atoms with Gasteiger partial charge in [-0.1, -0.05) is 48.2 Å².